The molecule has 0 aliphatic carbocycles. The molecule has 0 radical (unpaired) electrons. The van der Waals surface area contributed by atoms with Crippen LogP contribution in [0, 0.1) is 11.8 Å². The number of phosphoric ester groups is 2. The molecule has 4 unspecified atom stereocenters. The SMILES string of the molecule is CCCCCCCCCCCCCCCCCCCC(=O)OC[C@H](COP(=O)(O)OC[C@@H](O)COP(=O)(O)OC[C@@H](COC(=O)CCCCCCCCCCC(C)CC)OC(=O)CCCCCCCCCCCCCCC)OC(=O)CCCCCCCCCCCCCCCCCCCCC(C)CC. The van der Waals surface area contributed by atoms with E-state index in [-0.39, 0.29) is 25.7 Å². The summed E-state index contributed by atoms with van der Waals surface area (Å²) in [7, 11) is -9.93. The van der Waals surface area contributed by atoms with Crippen LogP contribution in [0.5, 0.6) is 0 Å². The normalized spacial score (nSPS) is 14.4. The van der Waals surface area contributed by atoms with Crippen LogP contribution in [0.15, 0.2) is 0 Å². The molecule has 0 bridgehead atoms. The highest BCUT2D eigenvalue weighted by molar-refractivity contribution is 7.47. The summed E-state index contributed by atoms with van der Waals surface area (Å²) in [6.45, 7) is 9.73. The quantitative estimate of drug-likeness (QED) is 0.0222. The van der Waals surface area contributed by atoms with Crippen molar-refractivity contribution in [2.45, 2.75) is 471 Å². The molecule has 0 aromatic rings. The molecule has 0 aliphatic rings. The van der Waals surface area contributed by atoms with Crippen LogP contribution in [0.3, 0.4) is 0 Å². The molecule has 0 fully saturated rings. The molecule has 19 heteroatoms. The second-order valence-electron chi connectivity index (χ2n) is 31.1. The Morgan fingerprint density at radius 3 is 0.683 bits per heavy atom. The number of esters is 4. The molecular weight excluding hydrogens is 1350 g/mol. The molecule has 0 spiro atoms. The first kappa shape index (κ1) is 102. The highest BCUT2D eigenvalue weighted by Gasteiger charge is 2.30. The Bertz CT molecular complexity index is 2000. The van der Waals surface area contributed by atoms with Crippen molar-refractivity contribution in [2.75, 3.05) is 39.6 Å². The lowest BCUT2D eigenvalue weighted by atomic mass is 9.99. The van der Waals surface area contributed by atoms with Gasteiger partial charge in [0.25, 0.3) is 0 Å². The van der Waals surface area contributed by atoms with Crippen LogP contribution in [-0.4, -0.2) is 96.7 Å². The Labute approximate surface area is 638 Å². The highest BCUT2D eigenvalue weighted by Crippen LogP contribution is 2.45. The molecule has 0 saturated heterocycles. The number of rotatable bonds is 84. The second-order valence-corrected chi connectivity index (χ2v) is 34.0. The van der Waals surface area contributed by atoms with E-state index in [0.29, 0.717) is 25.7 Å². The molecule has 0 saturated carbocycles. The summed E-state index contributed by atoms with van der Waals surface area (Å²) in [6.07, 6.45) is 67.9. The molecule has 7 atom stereocenters. The van der Waals surface area contributed by atoms with Gasteiger partial charge >= 0.3 is 39.5 Å². The number of hydrogen-bond acceptors (Lipinski definition) is 15. The van der Waals surface area contributed by atoms with Crippen molar-refractivity contribution in [2.24, 2.45) is 11.8 Å². The first-order chi connectivity index (χ1) is 50.4. The first-order valence-corrected chi connectivity index (χ1v) is 47.1. The standard InChI is InChI=1S/C85H166O17P2/c1-7-11-13-15-17-19-21-23-24-27-31-35-38-42-49-55-61-67-82(87)95-73-80(101-85(90)70-64-58-52-44-40-36-32-29-26-25-28-30-34-37-41-47-53-59-65-77(5)9-3)75-99-103(91,92)97-71-79(86)72-98-104(93,94)100-76-81(74-96-83(88)68-62-56-50-46-45-48-54-60-66-78(6)10-4)102-84(89)69-63-57-51-43-39-33-22-20-18-16-14-12-8-2/h77-81,86H,7-76H2,1-6H3,(H,91,92)(H,93,94)/t77?,78?,79-,80-,81-/m1/s1. The van der Waals surface area contributed by atoms with E-state index in [1.54, 1.807) is 0 Å². The van der Waals surface area contributed by atoms with E-state index in [1.165, 1.54) is 270 Å². The lowest BCUT2D eigenvalue weighted by Gasteiger charge is -2.21. The highest BCUT2D eigenvalue weighted by atomic mass is 31.2. The third-order valence-corrected chi connectivity index (χ3v) is 22.6. The van der Waals surface area contributed by atoms with Crippen molar-refractivity contribution in [3.05, 3.63) is 0 Å². The van der Waals surface area contributed by atoms with Crippen molar-refractivity contribution < 1.29 is 80.2 Å². The van der Waals surface area contributed by atoms with Crippen LogP contribution in [-0.2, 0) is 65.4 Å². The fourth-order valence-corrected chi connectivity index (χ4v) is 14.8. The summed E-state index contributed by atoms with van der Waals surface area (Å²) < 4.78 is 68.9. The third-order valence-electron chi connectivity index (χ3n) is 20.7. The van der Waals surface area contributed by atoms with Crippen molar-refractivity contribution in [1.82, 2.24) is 0 Å². The zero-order chi connectivity index (χ0) is 76.4. The molecule has 0 aromatic carbocycles. The minimum absolute atomic E-state index is 0.108. The molecule has 17 nitrogen and oxygen atoms in total. The van der Waals surface area contributed by atoms with Crippen LogP contribution in [0.2, 0.25) is 0 Å². The van der Waals surface area contributed by atoms with E-state index < -0.39 is 97.5 Å². The number of ether oxygens (including phenoxy) is 4. The summed E-state index contributed by atoms with van der Waals surface area (Å²) in [5, 5.41) is 10.7. The van der Waals surface area contributed by atoms with Gasteiger partial charge in [0.1, 0.15) is 19.3 Å². The van der Waals surface area contributed by atoms with Crippen LogP contribution in [0.4, 0.5) is 0 Å². The van der Waals surface area contributed by atoms with Gasteiger partial charge in [-0.1, -0.05) is 401 Å². The van der Waals surface area contributed by atoms with Gasteiger partial charge in [0.05, 0.1) is 26.4 Å². The average molecular weight is 1520 g/mol. The van der Waals surface area contributed by atoms with Crippen molar-refractivity contribution in [3.8, 4) is 0 Å². The molecule has 0 aliphatic heterocycles. The van der Waals surface area contributed by atoms with Crippen LogP contribution in [0.1, 0.15) is 452 Å². The van der Waals surface area contributed by atoms with Crippen LogP contribution in [0.25, 0.3) is 0 Å². The van der Waals surface area contributed by atoms with Gasteiger partial charge in [-0.25, -0.2) is 9.13 Å². The molecular formula is C85H166O17P2. The van der Waals surface area contributed by atoms with E-state index in [4.69, 9.17) is 37.0 Å². The Kier molecular flexibility index (Phi) is 75.0. The van der Waals surface area contributed by atoms with Crippen molar-refractivity contribution in [3.63, 3.8) is 0 Å². The smallest absolute Gasteiger partial charge is 0.462 e. The maximum Gasteiger partial charge on any atom is 0.472 e. The predicted octanol–water partition coefficient (Wildman–Crippen LogP) is 25.8. The summed E-state index contributed by atoms with van der Waals surface area (Å²) in [4.78, 5) is 73.2. The molecule has 618 valence electrons. The Hall–Kier alpha value is -1.94. The van der Waals surface area contributed by atoms with E-state index in [0.717, 1.165) is 102 Å². The zero-order valence-electron chi connectivity index (χ0n) is 68.3. The maximum absolute atomic E-state index is 13.1. The van der Waals surface area contributed by atoms with E-state index in [1.807, 2.05) is 0 Å². The molecule has 0 amide bonds. The number of carbonyl (C=O) groups is 4. The van der Waals surface area contributed by atoms with Gasteiger partial charge < -0.3 is 33.8 Å². The van der Waals surface area contributed by atoms with Crippen LogP contribution < -0.4 is 0 Å². The average Bonchev–Trinajstić information content (AvgIpc) is 0.901. The lowest BCUT2D eigenvalue weighted by Crippen LogP contribution is -2.30. The zero-order valence-corrected chi connectivity index (χ0v) is 70.1. The maximum atomic E-state index is 13.1. The molecule has 0 aromatic heterocycles. The van der Waals surface area contributed by atoms with Gasteiger partial charge in [0.2, 0.25) is 0 Å². The van der Waals surface area contributed by atoms with Gasteiger partial charge in [-0.3, -0.25) is 37.3 Å². The molecule has 104 heavy (non-hydrogen) atoms. The number of aliphatic hydroxyl groups is 1. The topological polar surface area (TPSA) is 237 Å². The number of carbonyl (C=O) groups excluding carboxylic acids is 4. The van der Waals surface area contributed by atoms with Gasteiger partial charge in [-0.15, -0.1) is 0 Å². The summed E-state index contributed by atoms with van der Waals surface area (Å²) in [6, 6.07) is 0. The largest absolute Gasteiger partial charge is 0.472 e. The Morgan fingerprint density at radius 1 is 0.269 bits per heavy atom. The third kappa shape index (κ3) is 75.5. The predicted molar refractivity (Wildman–Crippen MR) is 428 cm³/mol. The number of unbranched alkanes of at least 4 members (excludes halogenated alkanes) is 52. The minimum Gasteiger partial charge on any atom is -0.462 e. The van der Waals surface area contributed by atoms with E-state index in [2.05, 4.69) is 41.5 Å². The van der Waals surface area contributed by atoms with E-state index in [9.17, 15) is 43.2 Å². The number of hydrogen-bond donors (Lipinski definition) is 3. The van der Waals surface area contributed by atoms with Gasteiger partial charge in [0.15, 0.2) is 12.2 Å². The van der Waals surface area contributed by atoms with Crippen molar-refractivity contribution >= 4 is 39.5 Å². The molecule has 3 N–H and O–H groups in total. The second kappa shape index (κ2) is 76.4. The summed E-state index contributed by atoms with van der Waals surface area (Å²) in [5.41, 5.74) is 0. The van der Waals surface area contributed by atoms with Gasteiger partial charge in [-0.2, -0.15) is 0 Å². The fourth-order valence-electron chi connectivity index (χ4n) is 13.2. The first-order valence-electron chi connectivity index (χ1n) is 44.1. The van der Waals surface area contributed by atoms with Gasteiger partial charge in [-0.05, 0) is 37.5 Å². The number of phosphoric acid groups is 2. The Balaban J connectivity index is 5.24. The summed E-state index contributed by atoms with van der Waals surface area (Å²) >= 11 is 0. The van der Waals surface area contributed by atoms with Gasteiger partial charge in [0, 0.05) is 25.7 Å². The monoisotopic (exact) mass is 1520 g/mol. The minimum atomic E-state index is -4.97. The Morgan fingerprint density at radius 2 is 0.462 bits per heavy atom. The fraction of sp³-hybridized carbons (Fsp3) is 0.953. The number of aliphatic hydroxyl groups excluding tert-OH is 1. The molecule has 0 heterocycles. The summed E-state index contributed by atoms with van der Waals surface area (Å²) in [5.74, 6) is -0.453. The van der Waals surface area contributed by atoms with Crippen LogP contribution >= 0.6 is 15.6 Å². The lowest BCUT2D eigenvalue weighted by molar-refractivity contribution is -0.161. The molecule has 0 rings (SSSR count). The van der Waals surface area contributed by atoms with E-state index >= 15 is 0 Å². The van der Waals surface area contributed by atoms with Crippen molar-refractivity contribution in [1.29, 1.82) is 0 Å².